The molecule has 2 rings (SSSR count). The third-order valence-corrected chi connectivity index (χ3v) is 6.10. The van der Waals surface area contributed by atoms with Crippen molar-refractivity contribution in [2.24, 2.45) is 17.3 Å². The highest BCUT2D eigenvalue weighted by Crippen LogP contribution is 2.50. The van der Waals surface area contributed by atoms with E-state index in [1.165, 1.54) is 19.3 Å². The summed E-state index contributed by atoms with van der Waals surface area (Å²) in [6, 6.07) is 2.59. The van der Waals surface area contributed by atoms with Gasteiger partial charge in [-0.15, -0.1) is 0 Å². The summed E-state index contributed by atoms with van der Waals surface area (Å²) >= 11 is 0. The van der Waals surface area contributed by atoms with Crippen LogP contribution in [-0.2, 0) is 0 Å². The Kier molecular flexibility index (Phi) is 5.13. The molecule has 0 aliphatic heterocycles. The molecular formula is C18H31NO. The fraction of sp³-hybridized carbons (Fsp3) is 0.944. The van der Waals surface area contributed by atoms with Crippen LogP contribution in [0.1, 0.15) is 84.5 Å². The third kappa shape index (κ3) is 3.03. The Morgan fingerprint density at radius 2 is 1.60 bits per heavy atom. The van der Waals surface area contributed by atoms with Gasteiger partial charge in [0.25, 0.3) is 0 Å². The molecule has 0 spiro atoms. The second-order valence-corrected chi connectivity index (χ2v) is 7.57. The Hall–Kier alpha value is -0.550. The van der Waals surface area contributed by atoms with Gasteiger partial charge in [-0.1, -0.05) is 52.4 Å². The minimum atomic E-state index is -0.726. The van der Waals surface area contributed by atoms with Gasteiger partial charge in [0.2, 0.25) is 0 Å². The van der Waals surface area contributed by atoms with Gasteiger partial charge in [-0.3, -0.25) is 0 Å². The molecule has 0 amide bonds. The molecule has 114 valence electrons. The van der Waals surface area contributed by atoms with E-state index in [1.807, 2.05) is 0 Å². The van der Waals surface area contributed by atoms with Crippen LogP contribution in [0.15, 0.2) is 0 Å². The zero-order valence-corrected chi connectivity index (χ0v) is 13.3. The Morgan fingerprint density at radius 1 is 0.950 bits per heavy atom. The van der Waals surface area contributed by atoms with Crippen LogP contribution in [0.2, 0.25) is 0 Å². The summed E-state index contributed by atoms with van der Waals surface area (Å²) in [5, 5.41) is 21.2. The van der Waals surface area contributed by atoms with Crippen molar-refractivity contribution in [2.45, 2.75) is 90.1 Å². The number of rotatable bonds is 2. The second-order valence-electron chi connectivity index (χ2n) is 7.57. The first-order valence-electron chi connectivity index (χ1n) is 8.67. The van der Waals surface area contributed by atoms with Gasteiger partial charge in [-0.2, -0.15) is 5.26 Å². The minimum absolute atomic E-state index is 0.463. The van der Waals surface area contributed by atoms with Gasteiger partial charge >= 0.3 is 0 Å². The molecule has 0 aromatic carbocycles. The van der Waals surface area contributed by atoms with Crippen LogP contribution in [0.3, 0.4) is 0 Å². The maximum Gasteiger partial charge on any atom is 0.0860 e. The van der Waals surface area contributed by atoms with Crippen molar-refractivity contribution in [2.75, 3.05) is 0 Å². The van der Waals surface area contributed by atoms with Gasteiger partial charge < -0.3 is 5.11 Å². The van der Waals surface area contributed by atoms with E-state index in [1.54, 1.807) is 0 Å². The molecule has 2 nitrogen and oxygen atoms in total. The number of nitrogens with zero attached hydrogens (tertiary/aromatic N) is 1. The molecule has 2 unspecified atom stereocenters. The molecule has 2 fully saturated rings. The van der Waals surface area contributed by atoms with Gasteiger partial charge in [0, 0.05) is 0 Å². The molecule has 1 N–H and O–H groups in total. The first-order chi connectivity index (χ1) is 9.53. The summed E-state index contributed by atoms with van der Waals surface area (Å²) in [7, 11) is 0. The van der Waals surface area contributed by atoms with Crippen LogP contribution in [0, 0.1) is 28.6 Å². The van der Waals surface area contributed by atoms with Crippen LogP contribution in [-0.4, -0.2) is 10.7 Å². The van der Waals surface area contributed by atoms with E-state index in [4.69, 9.17) is 0 Å². The lowest BCUT2D eigenvalue weighted by molar-refractivity contribution is -0.0755. The number of hydrogen-bond acceptors (Lipinski definition) is 2. The molecule has 2 atom stereocenters. The molecule has 2 saturated carbocycles. The van der Waals surface area contributed by atoms with Crippen LogP contribution >= 0.6 is 0 Å². The van der Waals surface area contributed by atoms with Gasteiger partial charge in [0.15, 0.2) is 0 Å². The lowest BCUT2D eigenvalue weighted by Gasteiger charge is -2.42. The van der Waals surface area contributed by atoms with E-state index in [0.717, 1.165) is 57.3 Å². The summed E-state index contributed by atoms with van der Waals surface area (Å²) < 4.78 is 0. The average molecular weight is 277 g/mol. The van der Waals surface area contributed by atoms with Crippen molar-refractivity contribution in [3.63, 3.8) is 0 Å². The van der Waals surface area contributed by atoms with E-state index in [-0.39, 0.29) is 0 Å². The van der Waals surface area contributed by atoms with E-state index >= 15 is 0 Å². The number of hydrogen-bond donors (Lipinski definition) is 1. The van der Waals surface area contributed by atoms with E-state index in [0.29, 0.717) is 5.92 Å². The molecule has 0 aromatic heterocycles. The molecule has 20 heavy (non-hydrogen) atoms. The molecular weight excluding hydrogens is 246 g/mol. The maximum atomic E-state index is 11.3. The third-order valence-electron chi connectivity index (χ3n) is 6.10. The molecule has 2 heteroatoms. The average Bonchev–Trinajstić information content (AvgIpc) is 2.78. The zero-order chi connectivity index (χ0) is 14.6. The Morgan fingerprint density at radius 3 is 2.15 bits per heavy atom. The summed E-state index contributed by atoms with van der Waals surface area (Å²) in [5.74, 6) is 1.43. The number of nitriles is 1. The molecule has 2 aliphatic rings. The molecule has 0 heterocycles. The highest BCUT2D eigenvalue weighted by atomic mass is 16.3. The fourth-order valence-corrected chi connectivity index (χ4v) is 4.51. The van der Waals surface area contributed by atoms with E-state index < -0.39 is 11.0 Å². The Balaban J connectivity index is 2.17. The van der Waals surface area contributed by atoms with Crippen molar-refractivity contribution in [3.8, 4) is 6.07 Å². The fourth-order valence-electron chi connectivity index (χ4n) is 4.51. The predicted octanol–water partition coefficient (Wildman–Crippen LogP) is 4.82. The van der Waals surface area contributed by atoms with Gasteiger partial charge in [-0.05, 0) is 43.9 Å². The van der Waals surface area contributed by atoms with Crippen molar-refractivity contribution in [1.29, 1.82) is 5.26 Å². The smallest absolute Gasteiger partial charge is 0.0860 e. The van der Waals surface area contributed by atoms with Crippen LogP contribution in [0.5, 0.6) is 0 Å². The normalized spacial score (nSPS) is 35.0. The predicted molar refractivity (Wildman–Crippen MR) is 82.1 cm³/mol. The largest absolute Gasteiger partial charge is 0.388 e. The summed E-state index contributed by atoms with van der Waals surface area (Å²) in [6.07, 6.45) is 11.6. The van der Waals surface area contributed by atoms with Crippen molar-refractivity contribution < 1.29 is 5.11 Å². The first kappa shape index (κ1) is 15.8. The summed E-state index contributed by atoms with van der Waals surface area (Å²) in [4.78, 5) is 0. The van der Waals surface area contributed by atoms with E-state index in [9.17, 15) is 10.4 Å². The van der Waals surface area contributed by atoms with Crippen LogP contribution in [0.25, 0.3) is 0 Å². The van der Waals surface area contributed by atoms with Crippen molar-refractivity contribution >= 4 is 0 Å². The highest BCUT2D eigenvalue weighted by molar-refractivity contribution is 5.12. The van der Waals surface area contributed by atoms with E-state index in [2.05, 4.69) is 19.9 Å². The lowest BCUT2D eigenvalue weighted by atomic mass is 9.64. The lowest BCUT2D eigenvalue weighted by Crippen LogP contribution is -2.47. The number of aliphatic hydroxyl groups is 1. The van der Waals surface area contributed by atoms with Crippen LogP contribution < -0.4 is 0 Å². The minimum Gasteiger partial charge on any atom is -0.388 e. The van der Waals surface area contributed by atoms with Crippen molar-refractivity contribution in [3.05, 3.63) is 0 Å². The topological polar surface area (TPSA) is 44.0 Å². The van der Waals surface area contributed by atoms with Gasteiger partial charge in [-0.25, -0.2) is 0 Å². The standard InChI is InChI=1S/C18H31NO/c1-15(2)16-8-7-12-18(20,13-9-16)17(14-19)10-5-3-4-6-11-17/h15-16,20H,3-13H2,1-2H3. The van der Waals surface area contributed by atoms with Gasteiger partial charge in [0.05, 0.1) is 17.1 Å². The Bertz CT molecular complexity index is 349. The van der Waals surface area contributed by atoms with Crippen LogP contribution in [0.4, 0.5) is 0 Å². The first-order valence-corrected chi connectivity index (χ1v) is 8.67. The second kappa shape index (κ2) is 6.48. The molecule has 0 radical (unpaired) electrons. The summed E-state index contributed by atoms with van der Waals surface area (Å²) in [5.41, 5.74) is -1.19. The molecule has 2 aliphatic carbocycles. The maximum absolute atomic E-state index is 11.3. The quantitative estimate of drug-likeness (QED) is 0.735. The van der Waals surface area contributed by atoms with Gasteiger partial charge in [0.1, 0.15) is 0 Å². The summed E-state index contributed by atoms with van der Waals surface area (Å²) in [6.45, 7) is 4.58. The molecule has 0 saturated heterocycles. The molecule has 0 aromatic rings. The zero-order valence-electron chi connectivity index (χ0n) is 13.3. The highest BCUT2D eigenvalue weighted by Gasteiger charge is 2.50. The molecule has 0 bridgehead atoms. The van der Waals surface area contributed by atoms with Crippen molar-refractivity contribution in [1.82, 2.24) is 0 Å². The monoisotopic (exact) mass is 277 g/mol. The Labute approximate surface area is 124 Å². The SMILES string of the molecule is CC(C)C1CCCC(O)(C2(C#N)CCCCCC2)CC1.